The second-order valence-corrected chi connectivity index (χ2v) is 16.8. The summed E-state index contributed by atoms with van der Waals surface area (Å²) in [5, 5.41) is 0.897. The lowest BCUT2D eigenvalue weighted by Gasteiger charge is -2.33. The first-order valence-corrected chi connectivity index (χ1v) is 21.2. The van der Waals surface area contributed by atoms with Crippen LogP contribution in [-0.4, -0.2) is 9.36 Å². The molecule has 0 atom stereocenters. The van der Waals surface area contributed by atoms with Gasteiger partial charge in [0, 0.05) is 42.1 Å². The minimum Gasteiger partial charge on any atom is -0.308 e. The van der Waals surface area contributed by atoms with E-state index >= 15 is 0 Å². The van der Waals surface area contributed by atoms with Crippen molar-refractivity contribution in [2.75, 3.05) is 9.80 Å². The summed E-state index contributed by atoms with van der Waals surface area (Å²) in [6.07, 6.45) is 0. The third-order valence-corrected chi connectivity index (χ3v) is 13.4. The molecule has 11 rings (SSSR count). The summed E-state index contributed by atoms with van der Waals surface area (Å²) in [7, 11) is 0. The Bertz CT molecular complexity index is 2710. The van der Waals surface area contributed by atoms with Crippen molar-refractivity contribution < 1.29 is 0 Å². The number of hydrogen-bond donors (Lipinski definition) is 0. The van der Waals surface area contributed by atoms with E-state index in [9.17, 15) is 0 Å². The van der Waals surface area contributed by atoms with Crippen LogP contribution in [0, 0.1) is 0 Å². The Morgan fingerprint density at radius 2 is 0.754 bits per heavy atom. The molecule has 0 aliphatic carbocycles. The summed E-state index contributed by atoms with van der Waals surface area (Å²) >= 11 is 5.10. The van der Waals surface area contributed by atoms with Crippen LogP contribution >= 0.6 is 35.1 Å². The van der Waals surface area contributed by atoms with E-state index in [0.717, 1.165) is 33.3 Å². The first-order valence-electron chi connectivity index (χ1n) is 18.8. The molecule has 0 radical (unpaired) electrons. The highest BCUT2D eigenvalue weighted by atomic mass is 32.2. The van der Waals surface area contributed by atoms with Crippen LogP contribution in [0.5, 0.6) is 0 Å². The maximum atomic E-state index is 5.03. The maximum Gasteiger partial charge on any atom is 0.173 e. The fourth-order valence-corrected chi connectivity index (χ4v) is 10.5. The van der Waals surface area contributed by atoms with Crippen molar-refractivity contribution in [3.63, 3.8) is 0 Å². The van der Waals surface area contributed by atoms with E-state index in [1.165, 1.54) is 76.1 Å². The first kappa shape index (κ1) is 33.9. The number of benzene rings is 8. The summed E-state index contributed by atoms with van der Waals surface area (Å²) in [6.45, 7) is 0. The number of aromatic nitrogens is 2. The average Bonchev–Trinajstić information content (AvgIpc) is 3.78. The molecule has 0 fully saturated rings. The first-order chi connectivity index (χ1) is 28.2. The highest BCUT2D eigenvalue weighted by molar-refractivity contribution is 8.00. The number of anilines is 6. The van der Waals surface area contributed by atoms with Crippen LogP contribution < -0.4 is 9.80 Å². The van der Waals surface area contributed by atoms with Crippen molar-refractivity contribution in [1.82, 2.24) is 9.36 Å². The smallest absolute Gasteiger partial charge is 0.173 e. The van der Waals surface area contributed by atoms with Crippen LogP contribution in [0.25, 0.3) is 44.2 Å². The molecule has 57 heavy (non-hydrogen) atoms. The summed E-state index contributed by atoms with van der Waals surface area (Å²) in [4.78, 5) is 14.7. The van der Waals surface area contributed by atoms with Crippen LogP contribution in [0.2, 0.25) is 0 Å². The van der Waals surface area contributed by atoms with E-state index in [1.54, 1.807) is 0 Å². The van der Waals surface area contributed by atoms with Crippen LogP contribution in [0.4, 0.5) is 34.1 Å². The third kappa shape index (κ3) is 6.21. The van der Waals surface area contributed by atoms with Crippen molar-refractivity contribution in [2.45, 2.75) is 19.6 Å². The lowest BCUT2D eigenvalue weighted by atomic mass is 10.0. The quantitative estimate of drug-likeness (QED) is 0.167. The second-order valence-electron chi connectivity index (χ2n) is 13.9. The normalized spacial score (nSPS) is 12.7. The van der Waals surface area contributed by atoms with Gasteiger partial charge in [0.2, 0.25) is 0 Å². The molecule has 0 N–H and O–H groups in total. The molecule has 270 valence electrons. The van der Waals surface area contributed by atoms with Gasteiger partial charge in [-0.3, -0.25) is 0 Å². The maximum absolute atomic E-state index is 5.03. The zero-order valence-electron chi connectivity index (χ0n) is 30.5. The number of hydrogen-bond acceptors (Lipinski definition) is 7. The fourth-order valence-electron chi connectivity index (χ4n) is 7.66. The average molecular weight is 785 g/mol. The van der Waals surface area contributed by atoms with E-state index in [0.29, 0.717) is 0 Å². The minimum absolute atomic E-state index is 0.734. The van der Waals surface area contributed by atoms with Crippen LogP contribution in [-0.2, 0) is 0 Å². The predicted octanol–water partition coefficient (Wildman–Crippen LogP) is 15.1. The molecule has 0 saturated carbocycles. The Balaban J connectivity index is 0.872. The summed E-state index contributed by atoms with van der Waals surface area (Å²) in [5.41, 5.74) is 13.8. The number of para-hydroxylation sites is 2. The molecule has 3 heterocycles. The van der Waals surface area contributed by atoms with Crippen molar-refractivity contribution in [3.8, 4) is 44.2 Å². The van der Waals surface area contributed by atoms with E-state index < -0.39 is 0 Å². The molecule has 0 saturated heterocycles. The monoisotopic (exact) mass is 784 g/mol. The van der Waals surface area contributed by atoms with Gasteiger partial charge in [0.15, 0.2) is 5.82 Å². The Morgan fingerprint density at radius 1 is 0.333 bits per heavy atom. The molecule has 0 bridgehead atoms. The standard InChI is InChI=1S/C50H32N4S3/c1-3-11-33(12-4-1)37-23-29-43-47(31-37)55-45-17-9-7-15-41(45)53(43)39-25-19-35(20-26-39)49-51-50(57-52-49)36-21-27-40(28-22-36)54-42-16-8-10-18-46(42)56-48-32-38(24-30-44(48)54)34-13-5-2-6-14-34/h1-32H. The van der Waals surface area contributed by atoms with Gasteiger partial charge in [-0.1, -0.05) is 121 Å². The number of fused-ring (bicyclic) bond motifs is 4. The van der Waals surface area contributed by atoms with Crippen LogP contribution in [0.1, 0.15) is 0 Å². The lowest BCUT2D eigenvalue weighted by Crippen LogP contribution is -2.14. The Morgan fingerprint density at radius 3 is 1.26 bits per heavy atom. The van der Waals surface area contributed by atoms with Gasteiger partial charge in [0.1, 0.15) is 5.01 Å². The molecule has 0 spiro atoms. The SMILES string of the molecule is c1ccc(-c2ccc3c(c2)Sc2ccccc2N3c2ccc(-c3nsc(-c4ccc(N5c6ccccc6Sc6cc(-c7ccccc7)ccc65)cc4)n3)cc2)cc1. The van der Waals surface area contributed by atoms with E-state index in [2.05, 4.69) is 204 Å². The van der Waals surface area contributed by atoms with Gasteiger partial charge in [0.05, 0.1) is 22.7 Å². The summed E-state index contributed by atoms with van der Waals surface area (Å²) in [6, 6.07) is 69.4. The molecule has 4 nitrogen and oxygen atoms in total. The Kier molecular flexibility index (Phi) is 8.50. The van der Waals surface area contributed by atoms with E-state index in [4.69, 9.17) is 9.36 Å². The van der Waals surface area contributed by atoms with Crippen molar-refractivity contribution in [1.29, 1.82) is 0 Å². The van der Waals surface area contributed by atoms with Gasteiger partial charge in [-0.25, -0.2) is 4.98 Å². The highest BCUT2D eigenvalue weighted by Gasteiger charge is 2.27. The molecule has 8 aromatic carbocycles. The van der Waals surface area contributed by atoms with Crippen LogP contribution in [0.15, 0.2) is 214 Å². The van der Waals surface area contributed by atoms with Gasteiger partial charge in [-0.2, -0.15) is 4.37 Å². The zero-order valence-corrected chi connectivity index (χ0v) is 32.9. The molecular formula is C50H32N4S3. The van der Waals surface area contributed by atoms with Gasteiger partial charge in [-0.05, 0) is 131 Å². The van der Waals surface area contributed by atoms with Crippen LogP contribution in [0.3, 0.4) is 0 Å². The molecule has 0 amide bonds. The molecule has 0 unspecified atom stereocenters. The lowest BCUT2D eigenvalue weighted by molar-refractivity contribution is 1.17. The van der Waals surface area contributed by atoms with Crippen molar-refractivity contribution >= 4 is 69.2 Å². The minimum atomic E-state index is 0.734. The fraction of sp³-hybridized carbons (Fsp3) is 0. The van der Waals surface area contributed by atoms with Gasteiger partial charge < -0.3 is 9.80 Å². The Labute approximate surface area is 344 Å². The largest absolute Gasteiger partial charge is 0.308 e. The van der Waals surface area contributed by atoms with Gasteiger partial charge in [-0.15, -0.1) is 0 Å². The Hall–Kier alpha value is -6.38. The topological polar surface area (TPSA) is 32.3 Å². The zero-order chi connectivity index (χ0) is 37.7. The van der Waals surface area contributed by atoms with E-state index in [-0.39, 0.29) is 0 Å². The summed E-state index contributed by atoms with van der Waals surface area (Å²) < 4.78 is 4.82. The molecular weight excluding hydrogens is 753 g/mol. The van der Waals surface area contributed by atoms with Crippen molar-refractivity contribution in [3.05, 3.63) is 194 Å². The molecule has 2 aliphatic rings. The number of rotatable bonds is 6. The van der Waals surface area contributed by atoms with Gasteiger partial charge in [0.25, 0.3) is 0 Å². The highest BCUT2D eigenvalue weighted by Crippen LogP contribution is 2.54. The summed E-state index contributed by atoms with van der Waals surface area (Å²) in [5.74, 6) is 0.734. The van der Waals surface area contributed by atoms with Crippen molar-refractivity contribution in [2.24, 2.45) is 0 Å². The van der Waals surface area contributed by atoms with Gasteiger partial charge >= 0.3 is 0 Å². The number of nitrogens with zero attached hydrogens (tertiary/aromatic N) is 4. The third-order valence-electron chi connectivity index (χ3n) is 10.4. The molecule has 2 aliphatic heterocycles. The van der Waals surface area contributed by atoms with E-state index in [1.807, 2.05) is 23.5 Å². The molecule has 9 aromatic rings. The predicted molar refractivity (Wildman–Crippen MR) is 239 cm³/mol. The molecule has 7 heteroatoms. The molecule has 1 aromatic heterocycles. The second kappa shape index (κ2) is 14.3.